The molecule has 0 aliphatic rings. The lowest BCUT2D eigenvalue weighted by molar-refractivity contribution is -0.117. The number of rotatable bonds is 14. The van der Waals surface area contributed by atoms with Gasteiger partial charge < -0.3 is 14.6 Å². The molecule has 0 radical (unpaired) electrons. The summed E-state index contributed by atoms with van der Waals surface area (Å²) >= 11 is 0. The van der Waals surface area contributed by atoms with Crippen molar-refractivity contribution in [2.45, 2.75) is 71.2 Å². The average Bonchev–Trinajstić information content (AvgIpc) is 2.54. The van der Waals surface area contributed by atoms with Crippen molar-refractivity contribution in [3.05, 3.63) is 35.9 Å². The first kappa shape index (κ1) is 19.1. The molecule has 22 heavy (non-hydrogen) atoms. The van der Waals surface area contributed by atoms with Crippen LogP contribution in [0.3, 0.4) is 0 Å². The second-order valence-corrected chi connectivity index (χ2v) is 5.77. The van der Waals surface area contributed by atoms with Crippen LogP contribution >= 0.6 is 0 Å². The summed E-state index contributed by atoms with van der Waals surface area (Å²) < 4.78 is 10.9. The Balaban J connectivity index is 1.86. The molecule has 0 spiro atoms. The first-order chi connectivity index (χ1) is 10.8. The van der Waals surface area contributed by atoms with Gasteiger partial charge in [-0.15, -0.1) is 0 Å². The Hall–Kier alpha value is -0.900. The van der Waals surface area contributed by atoms with Crippen molar-refractivity contribution in [3.63, 3.8) is 0 Å². The molecular formula is C19H32O3. The maximum atomic E-state index is 9.73. The van der Waals surface area contributed by atoms with Crippen LogP contribution in [-0.4, -0.2) is 24.6 Å². The molecule has 1 aromatic rings. The first-order valence-corrected chi connectivity index (χ1v) is 8.74. The van der Waals surface area contributed by atoms with Gasteiger partial charge in [0.25, 0.3) is 0 Å². The zero-order chi connectivity index (χ0) is 15.9. The van der Waals surface area contributed by atoms with Gasteiger partial charge in [-0.2, -0.15) is 0 Å². The number of hydrogen-bond acceptors (Lipinski definition) is 3. The van der Waals surface area contributed by atoms with Gasteiger partial charge in [0, 0.05) is 0 Å². The standard InChI is InChI=1S/C19H32O3/c1-2-3-4-5-6-7-11-14-19(20)22-16-15-21-17-18-12-9-8-10-13-18/h8-10,12-13,19-20H,2-7,11,14-17H2,1H3. The Morgan fingerprint density at radius 1 is 0.909 bits per heavy atom. The van der Waals surface area contributed by atoms with Crippen molar-refractivity contribution in [3.8, 4) is 0 Å². The minimum absolute atomic E-state index is 0.449. The maximum absolute atomic E-state index is 9.73. The molecule has 1 N–H and O–H groups in total. The molecule has 0 aromatic heterocycles. The number of benzene rings is 1. The van der Waals surface area contributed by atoms with Crippen LogP contribution in [0.25, 0.3) is 0 Å². The van der Waals surface area contributed by atoms with Crippen LogP contribution in [0.1, 0.15) is 63.9 Å². The van der Waals surface area contributed by atoms with Crippen LogP contribution in [0, 0.1) is 0 Å². The molecule has 126 valence electrons. The smallest absolute Gasteiger partial charge is 0.154 e. The Morgan fingerprint density at radius 2 is 1.59 bits per heavy atom. The molecule has 1 atom stereocenters. The lowest BCUT2D eigenvalue weighted by atomic mass is 10.1. The second kappa shape index (κ2) is 13.7. The fourth-order valence-corrected chi connectivity index (χ4v) is 2.37. The lowest BCUT2D eigenvalue weighted by Gasteiger charge is -2.12. The van der Waals surface area contributed by atoms with E-state index >= 15 is 0 Å². The van der Waals surface area contributed by atoms with Gasteiger partial charge in [-0.25, -0.2) is 0 Å². The molecule has 0 bridgehead atoms. The molecule has 3 heteroatoms. The fourth-order valence-electron chi connectivity index (χ4n) is 2.37. The van der Waals surface area contributed by atoms with Crippen molar-refractivity contribution in [2.24, 2.45) is 0 Å². The predicted molar refractivity (Wildman–Crippen MR) is 90.7 cm³/mol. The Kier molecular flexibility index (Phi) is 12.0. The number of aliphatic hydroxyl groups is 1. The molecule has 0 saturated carbocycles. The normalized spacial score (nSPS) is 12.5. The molecule has 0 fully saturated rings. The topological polar surface area (TPSA) is 38.7 Å². The van der Waals surface area contributed by atoms with E-state index < -0.39 is 6.29 Å². The van der Waals surface area contributed by atoms with E-state index in [1.807, 2.05) is 30.3 Å². The first-order valence-electron chi connectivity index (χ1n) is 8.74. The third-order valence-corrected chi connectivity index (χ3v) is 3.70. The highest BCUT2D eigenvalue weighted by Gasteiger charge is 2.03. The number of ether oxygens (including phenoxy) is 2. The van der Waals surface area contributed by atoms with E-state index in [-0.39, 0.29) is 0 Å². The molecule has 1 rings (SSSR count). The molecule has 1 aromatic carbocycles. The van der Waals surface area contributed by atoms with Gasteiger partial charge in [0.1, 0.15) is 0 Å². The number of unbranched alkanes of at least 4 members (excludes halogenated alkanes) is 6. The summed E-state index contributed by atoms with van der Waals surface area (Å²) in [6, 6.07) is 10.1. The molecule has 0 aliphatic carbocycles. The van der Waals surface area contributed by atoms with E-state index in [0.29, 0.717) is 19.8 Å². The predicted octanol–water partition coefficient (Wildman–Crippen LogP) is 4.68. The van der Waals surface area contributed by atoms with E-state index in [1.54, 1.807) is 0 Å². The van der Waals surface area contributed by atoms with Crippen molar-refractivity contribution >= 4 is 0 Å². The Bertz CT molecular complexity index is 340. The summed E-state index contributed by atoms with van der Waals surface area (Å²) in [7, 11) is 0. The van der Waals surface area contributed by atoms with Gasteiger partial charge in [-0.3, -0.25) is 0 Å². The quantitative estimate of drug-likeness (QED) is 0.400. The van der Waals surface area contributed by atoms with Crippen molar-refractivity contribution < 1.29 is 14.6 Å². The van der Waals surface area contributed by atoms with Gasteiger partial charge in [-0.05, 0) is 18.4 Å². The Morgan fingerprint density at radius 3 is 2.32 bits per heavy atom. The van der Waals surface area contributed by atoms with Gasteiger partial charge in [-0.1, -0.05) is 75.8 Å². The van der Waals surface area contributed by atoms with E-state index in [2.05, 4.69) is 6.92 Å². The maximum Gasteiger partial charge on any atom is 0.154 e. The summed E-state index contributed by atoms with van der Waals surface area (Å²) in [5.41, 5.74) is 1.16. The highest BCUT2D eigenvalue weighted by molar-refractivity contribution is 5.13. The van der Waals surface area contributed by atoms with Crippen LogP contribution in [0.2, 0.25) is 0 Å². The third-order valence-electron chi connectivity index (χ3n) is 3.70. The van der Waals surface area contributed by atoms with Crippen molar-refractivity contribution in [1.82, 2.24) is 0 Å². The van der Waals surface area contributed by atoms with Gasteiger partial charge >= 0.3 is 0 Å². The molecule has 1 unspecified atom stereocenters. The zero-order valence-corrected chi connectivity index (χ0v) is 14.0. The molecule has 3 nitrogen and oxygen atoms in total. The lowest BCUT2D eigenvalue weighted by Crippen LogP contribution is -2.15. The third kappa shape index (κ3) is 10.8. The fraction of sp³-hybridized carbons (Fsp3) is 0.684. The van der Waals surface area contributed by atoms with E-state index in [9.17, 15) is 5.11 Å². The average molecular weight is 308 g/mol. The minimum atomic E-state index is -0.643. The number of hydrogen-bond donors (Lipinski definition) is 1. The molecule has 0 heterocycles. The van der Waals surface area contributed by atoms with Gasteiger partial charge in [0.2, 0.25) is 0 Å². The summed E-state index contributed by atoms with van der Waals surface area (Å²) in [5, 5.41) is 9.73. The molecule has 0 saturated heterocycles. The van der Waals surface area contributed by atoms with Crippen LogP contribution in [-0.2, 0) is 16.1 Å². The van der Waals surface area contributed by atoms with Crippen molar-refractivity contribution in [2.75, 3.05) is 13.2 Å². The molecular weight excluding hydrogens is 276 g/mol. The monoisotopic (exact) mass is 308 g/mol. The van der Waals surface area contributed by atoms with Gasteiger partial charge in [0.15, 0.2) is 6.29 Å². The van der Waals surface area contributed by atoms with Gasteiger partial charge in [0.05, 0.1) is 19.8 Å². The van der Waals surface area contributed by atoms with E-state index in [0.717, 1.165) is 18.4 Å². The highest BCUT2D eigenvalue weighted by Crippen LogP contribution is 2.10. The van der Waals surface area contributed by atoms with E-state index in [4.69, 9.17) is 9.47 Å². The summed E-state index contributed by atoms with van der Waals surface area (Å²) in [5.74, 6) is 0. The van der Waals surface area contributed by atoms with Crippen molar-refractivity contribution in [1.29, 1.82) is 0 Å². The summed E-state index contributed by atoms with van der Waals surface area (Å²) in [4.78, 5) is 0. The SMILES string of the molecule is CCCCCCCCCC(O)OCCOCc1ccccc1. The zero-order valence-electron chi connectivity index (χ0n) is 14.0. The van der Waals surface area contributed by atoms with Crippen LogP contribution < -0.4 is 0 Å². The van der Waals surface area contributed by atoms with Crippen LogP contribution in [0.4, 0.5) is 0 Å². The van der Waals surface area contributed by atoms with Crippen LogP contribution in [0.15, 0.2) is 30.3 Å². The summed E-state index contributed by atoms with van der Waals surface area (Å²) in [6.45, 7) is 3.79. The number of aliphatic hydroxyl groups excluding tert-OH is 1. The van der Waals surface area contributed by atoms with Crippen LogP contribution in [0.5, 0.6) is 0 Å². The second-order valence-electron chi connectivity index (χ2n) is 5.77. The summed E-state index contributed by atoms with van der Waals surface area (Å²) in [6.07, 6.45) is 8.88. The molecule has 0 amide bonds. The minimum Gasteiger partial charge on any atom is -0.374 e. The van der Waals surface area contributed by atoms with E-state index in [1.165, 1.54) is 38.5 Å². The highest BCUT2D eigenvalue weighted by atomic mass is 16.6. The molecule has 0 aliphatic heterocycles. The Labute approximate surface area is 135 Å². The largest absolute Gasteiger partial charge is 0.374 e.